The molecule has 160 valence electrons. The summed E-state index contributed by atoms with van der Waals surface area (Å²) < 4.78 is 12.1. The van der Waals surface area contributed by atoms with Crippen LogP contribution in [0.1, 0.15) is 36.0 Å². The molecule has 0 bridgehead atoms. The van der Waals surface area contributed by atoms with Gasteiger partial charge in [-0.05, 0) is 43.7 Å². The first kappa shape index (κ1) is 20.3. The van der Waals surface area contributed by atoms with Gasteiger partial charge in [0.05, 0.1) is 31.7 Å². The third kappa shape index (κ3) is 4.58. The highest BCUT2D eigenvalue weighted by molar-refractivity contribution is 5.97. The van der Waals surface area contributed by atoms with Gasteiger partial charge >= 0.3 is 0 Å². The summed E-state index contributed by atoms with van der Waals surface area (Å²) >= 11 is 0. The first-order valence-electron chi connectivity index (χ1n) is 10.4. The molecule has 2 aromatic rings. The summed E-state index contributed by atoms with van der Waals surface area (Å²) in [6.45, 7) is 2.25. The summed E-state index contributed by atoms with van der Waals surface area (Å²) in [5, 5.41) is 7.44. The maximum absolute atomic E-state index is 12.7. The Kier molecular flexibility index (Phi) is 5.92. The van der Waals surface area contributed by atoms with E-state index in [1.165, 1.54) is 20.0 Å². The number of nitrogens with one attached hydrogen (secondary N) is 1. The first-order valence-corrected chi connectivity index (χ1v) is 10.4. The van der Waals surface area contributed by atoms with Crippen LogP contribution in [0.15, 0.2) is 35.3 Å². The van der Waals surface area contributed by atoms with E-state index in [9.17, 15) is 9.59 Å². The third-order valence-electron chi connectivity index (χ3n) is 5.83. The van der Waals surface area contributed by atoms with Gasteiger partial charge in [0.1, 0.15) is 11.5 Å². The van der Waals surface area contributed by atoms with Crippen LogP contribution in [0.2, 0.25) is 0 Å². The molecule has 8 heteroatoms. The zero-order valence-corrected chi connectivity index (χ0v) is 17.5. The van der Waals surface area contributed by atoms with Crippen LogP contribution < -0.4 is 25.2 Å². The highest BCUT2D eigenvalue weighted by Gasteiger charge is 2.25. The largest absolute Gasteiger partial charge is 0.497 e. The molecule has 1 amide bonds. The number of methoxy groups -OCH3 is 2. The molecule has 0 spiro atoms. The molecule has 1 saturated heterocycles. The fourth-order valence-electron chi connectivity index (χ4n) is 3.81. The number of nitrogens with zero attached hydrogens (tertiary/aromatic N) is 3. The van der Waals surface area contributed by atoms with Crippen LogP contribution in [0.3, 0.4) is 0 Å². The maximum Gasteiger partial charge on any atom is 0.268 e. The molecule has 1 N–H and O–H groups in total. The number of amides is 1. The van der Waals surface area contributed by atoms with E-state index in [0.29, 0.717) is 23.0 Å². The van der Waals surface area contributed by atoms with Gasteiger partial charge in [0.15, 0.2) is 0 Å². The molecule has 4 rings (SSSR count). The van der Waals surface area contributed by atoms with Gasteiger partial charge in [-0.3, -0.25) is 9.59 Å². The molecule has 0 unspecified atom stereocenters. The lowest BCUT2D eigenvalue weighted by Gasteiger charge is -2.33. The zero-order valence-electron chi connectivity index (χ0n) is 17.5. The zero-order chi connectivity index (χ0) is 21.1. The number of hydrogen-bond donors (Lipinski definition) is 1. The smallest absolute Gasteiger partial charge is 0.268 e. The predicted molar refractivity (Wildman–Crippen MR) is 113 cm³/mol. The van der Waals surface area contributed by atoms with Gasteiger partial charge in [0.2, 0.25) is 0 Å². The van der Waals surface area contributed by atoms with E-state index >= 15 is 0 Å². The molecule has 1 aliphatic carbocycles. The van der Waals surface area contributed by atoms with Crippen molar-refractivity contribution in [3.8, 4) is 11.5 Å². The van der Waals surface area contributed by atoms with Crippen molar-refractivity contribution in [1.29, 1.82) is 0 Å². The van der Waals surface area contributed by atoms with Crippen LogP contribution in [0.4, 0.5) is 5.69 Å². The highest BCUT2D eigenvalue weighted by Crippen LogP contribution is 2.30. The number of carbonyl (C=O) groups excluding carboxylic acids is 1. The Balaban J connectivity index is 1.34. The van der Waals surface area contributed by atoms with E-state index in [1.807, 2.05) is 0 Å². The van der Waals surface area contributed by atoms with Crippen molar-refractivity contribution < 1.29 is 14.3 Å². The van der Waals surface area contributed by atoms with Gasteiger partial charge in [-0.2, -0.15) is 5.10 Å². The second kappa shape index (κ2) is 8.77. The Bertz CT molecular complexity index is 962. The quantitative estimate of drug-likeness (QED) is 0.749. The number of ether oxygens (including phenoxy) is 2. The van der Waals surface area contributed by atoms with Crippen molar-refractivity contribution in [2.24, 2.45) is 5.92 Å². The Morgan fingerprint density at radius 1 is 1.13 bits per heavy atom. The van der Waals surface area contributed by atoms with Crippen LogP contribution >= 0.6 is 0 Å². The molecular formula is C22H28N4O4. The molecule has 1 aliphatic heterocycles. The molecule has 1 aromatic heterocycles. The number of carbonyl (C=O) groups is 1. The summed E-state index contributed by atoms with van der Waals surface area (Å²) in [4.78, 5) is 27.2. The molecule has 2 aliphatic rings. The number of rotatable bonds is 7. The van der Waals surface area contributed by atoms with Gasteiger partial charge in [-0.15, -0.1) is 0 Å². The van der Waals surface area contributed by atoms with Crippen molar-refractivity contribution in [1.82, 2.24) is 15.1 Å². The van der Waals surface area contributed by atoms with Crippen molar-refractivity contribution >= 4 is 11.6 Å². The fraction of sp³-hybridized carbons (Fsp3) is 0.500. The fourth-order valence-corrected chi connectivity index (χ4v) is 3.81. The van der Waals surface area contributed by atoms with Crippen molar-refractivity contribution in [3.05, 3.63) is 46.4 Å². The van der Waals surface area contributed by atoms with E-state index in [4.69, 9.17) is 9.47 Å². The second-order valence-corrected chi connectivity index (χ2v) is 7.98. The molecule has 1 aromatic carbocycles. The summed E-state index contributed by atoms with van der Waals surface area (Å²) in [5.41, 5.74) is 1.30. The molecule has 0 radical (unpaired) electrons. The first-order chi connectivity index (χ1) is 14.6. The Morgan fingerprint density at radius 2 is 1.90 bits per heavy atom. The Morgan fingerprint density at radius 3 is 2.53 bits per heavy atom. The van der Waals surface area contributed by atoms with Gasteiger partial charge in [-0.1, -0.05) is 0 Å². The number of hydrogen-bond acceptors (Lipinski definition) is 6. The lowest BCUT2D eigenvalue weighted by Crippen LogP contribution is -2.45. The molecule has 2 heterocycles. The van der Waals surface area contributed by atoms with E-state index in [1.54, 1.807) is 42.3 Å². The summed E-state index contributed by atoms with van der Waals surface area (Å²) in [5.74, 6) is 1.59. The van der Waals surface area contributed by atoms with Gasteiger partial charge in [0, 0.05) is 37.8 Å². The van der Waals surface area contributed by atoms with E-state index in [2.05, 4.69) is 15.3 Å². The van der Waals surface area contributed by atoms with E-state index in [-0.39, 0.29) is 17.5 Å². The Labute approximate surface area is 175 Å². The molecule has 8 nitrogen and oxygen atoms in total. The van der Waals surface area contributed by atoms with Crippen LogP contribution in [-0.2, 0) is 6.54 Å². The standard InChI is InChI=1S/C22H28N4O4/c1-29-18-5-6-19(20(12-18)30-2)22(28)24-16-7-9-25(10-8-16)17-11-21(27)26(23-13-17)14-15-3-4-15/h5-6,11-13,15-16H,3-4,7-10,14H2,1-2H3,(H,24,28). The van der Waals surface area contributed by atoms with Crippen LogP contribution in [-0.4, -0.2) is 49.0 Å². The second-order valence-electron chi connectivity index (χ2n) is 7.98. The van der Waals surface area contributed by atoms with Gasteiger partial charge < -0.3 is 19.7 Å². The van der Waals surface area contributed by atoms with E-state index < -0.39 is 0 Å². The predicted octanol–water partition coefficient (Wildman–Crippen LogP) is 2.07. The average Bonchev–Trinajstić information content (AvgIpc) is 3.59. The average molecular weight is 412 g/mol. The highest BCUT2D eigenvalue weighted by atomic mass is 16.5. The normalized spacial score (nSPS) is 16.9. The minimum atomic E-state index is -0.155. The molecule has 1 saturated carbocycles. The number of aromatic nitrogens is 2. The topological polar surface area (TPSA) is 85.7 Å². The molecule has 2 fully saturated rings. The number of piperidine rings is 1. The SMILES string of the molecule is COc1ccc(C(=O)NC2CCN(c3cnn(CC4CC4)c(=O)c3)CC2)c(OC)c1. The molecule has 0 atom stereocenters. The lowest BCUT2D eigenvalue weighted by molar-refractivity contribution is 0.0928. The van der Waals surface area contributed by atoms with Crippen molar-refractivity contribution in [2.45, 2.75) is 38.3 Å². The van der Waals surface area contributed by atoms with Crippen LogP contribution in [0, 0.1) is 5.92 Å². The molecule has 30 heavy (non-hydrogen) atoms. The van der Waals surface area contributed by atoms with Crippen LogP contribution in [0.25, 0.3) is 0 Å². The van der Waals surface area contributed by atoms with Crippen molar-refractivity contribution in [3.63, 3.8) is 0 Å². The summed E-state index contributed by atoms with van der Waals surface area (Å²) in [6, 6.07) is 6.92. The third-order valence-corrected chi connectivity index (χ3v) is 5.83. The van der Waals surface area contributed by atoms with Gasteiger partial charge in [0.25, 0.3) is 11.5 Å². The number of benzene rings is 1. The minimum Gasteiger partial charge on any atom is -0.497 e. The summed E-state index contributed by atoms with van der Waals surface area (Å²) in [7, 11) is 3.11. The monoisotopic (exact) mass is 412 g/mol. The summed E-state index contributed by atoms with van der Waals surface area (Å²) in [6.07, 6.45) is 5.77. The number of anilines is 1. The minimum absolute atomic E-state index is 0.0403. The maximum atomic E-state index is 12.7. The molecular weight excluding hydrogens is 384 g/mol. The van der Waals surface area contributed by atoms with Crippen molar-refractivity contribution in [2.75, 3.05) is 32.2 Å². The van der Waals surface area contributed by atoms with Crippen LogP contribution in [0.5, 0.6) is 11.5 Å². The van der Waals surface area contributed by atoms with E-state index in [0.717, 1.165) is 38.2 Å². The lowest BCUT2D eigenvalue weighted by atomic mass is 10.0. The van der Waals surface area contributed by atoms with Gasteiger partial charge in [-0.25, -0.2) is 4.68 Å². The Hall–Kier alpha value is -3.03.